The summed E-state index contributed by atoms with van der Waals surface area (Å²) in [5, 5.41) is 0. The van der Waals surface area contributed by atoms with E-state index in [-0.39, 0.29) is 0 Å². The molecule has 0 aromatic rings. The predicted octanol–water partition coefficient (Wildman–Crippen LogP) is 8.11. The summed E-state index contributed by atoms with van der Waals surface area (Å²) in [6, 6.07) is 0. The van der Waals surface area contributed by atoms with Crippen molar-refractivity contribution in [2.45, 2.75) is 129 Å². The van der Waals surface area contributed by atoms with Gasteiger partial charge in [-0.1, -0.05) is 117 Å². The second-order valence-electron chi connectivity index (χ2n) is 9.11. The first-order valence-electron chi connectivity index (χ1n) is 14.2. The van der Waals surface area contributed by atoms with Gasteiger partial charge in [0, 0.05) is 13.2 Å². The van der Waals surface area contributed by atoms with E-state index in [1.54, 1.807) is 0 Å². The Morgan fingerprint density at radius 2 is 0.469 bits per heavy atom. The highest BCUT2D eigenvalue weighted by Crippen LogP contribution is 2.10. The van der Waals surface area contributed by atoms with Crippen molar-refractivity contribution in [3.05, 3.63) is 0 Å². The SMILES string of the molecule is CCCCCCCCCCCOCCOCCOCCOCCCCCCCCCCC. The zero-order valence-electron chi connectivity index (χ0n) is 22.0. The lowest BCUT2D eigenvalue weighted by molar-refractivity contribution is -0.00248. The topological polar surface area (TPSA) is 36.9 Å². The van der Waals surface area contributed by atoms with Gasteiger partial charge in [-0.2, -0.15) is 0 Å². The van der Waals surface area contributed by atoms with E-state index in [1.807, 2.05) is 0 Å². The Hall–Kier alpha value is -0.160. The van der Waals surface area contributed by atoms with E-state index in [2.05, 4.69) is 13.8 Å². The first-order valence-corrected chi connectivity index (χ1v) is 14.2. The van der Waals surface area contributed by atoms with Crippen LogP contribution in [0.4, 0.5) is 0 Å². The summed E-state index contributed by atoms with van der Waals surface area (Å²) in [5.41, 5.74) is 0. The maximum Gasteiger partial charge on any atom is 0.0701 e. The first kappa shape index (κ1) is 31.8. The lowest BCUT2D eigenvalue weighted by Gasteiger charge is -2.08. The average Bonchev–Trinajstić information content (AvgIpc) is 2.81. The third-order valence-corrected chi connectivity index (χ3v) is 5.90. The van der Waals surface area contributed by atoms with Crippen LogP contribution in [-0.4, -0.2) is 52.9 Å². The number of ether oxygens (including phenoxy) is 4. The number of hydrogen-bond donors (Lipinski definition) is 0. The van der Waals surface area contributed by atoms with E-state index in [0.717, 1.165) is 13.2 Å². The van der Waals surface area contributed by atoms with Crippen molar-refractivity contribution in [1.82, 2.24) is 0 Å². The van der Waals surface area contributed by atoms with Gasteiger partial charge in [-0.3, -0.25) is 0 Å². The van der Waals surface area contributed by atoms with E-state index in [0.29, 0.717) is 39.6 Å². The molecule has 0 spiro atoms. The van der Waals surface area contributed by atoms with E-state index >= 15 is 0 Å². The van der Waals surface area contributed by atoms with Gasteiger partial charge in [0.1, 0.15) is 0 Å². The molecule has 0 atom stereocenters. The van der Waals surface area contributed by atoms with Gasteiger partial charge < -0.3 is 18.9 Å². The van der Waals surface area contributed by atoms with Crippen LogP contribution in [0, 0.1) is 0 Å². The molecule has 0 aliphatic carbocycles. The van der Waals surface area contributed by atoms with Gasteiger partial charge in [-0.15, -0.1) is 0 Å². The fourth-order valence-electron chi connectivity index (χ4n) is 3.79. The minimum Gasteiger partial charge on any atom is -0.379 e. The minimum atomic E-state index is 0.639. The maximum absolute atomic E-state index is 5.64. The van der Waals surface area contributed by atoms with Crippen LogP contribution in [-0.2, 0) is 18.9 Å². The van der Waals surface area contributed by atoms with Crippen molar-refractivity contribution >= 4 is 0 Å². The highest BCUT2D eigenvalue weighted by Gasteiger charge is 1.96. The summed E-state index contributed by atoms with van der Waals surface area (Å²) >= 11 is 0. The second-order valence-corrected chi connectivity index (χ2v) is 9.11. The van der Waals surface area contributed by atoms with Crippen LogP contribution in [0.5, 0.6) is 0 Å². The van der Waals surface area contributed by atoms with Gasteiger partial charge in [0.2, 0.25) is 0 Å². The third kappa shape index (κ3) is 29.8. The molecule has 4 nitrogen and oxygen atoms in total. The Labute approximate surface area is 201 Å². The van der Waals surface area contributed by atoms with Crippen molar-refractivity contribution in [2.75, 3.05) is 52.9 Å². The van der Waals surface area contributed by atoms with Crippen LogP contribution in [0.1, 0.15) is 129 Å². The molecule has 0 N–H and O–H groups in total. The van der Waals surface area contributed by atoms with E-state index < -0.39 is 0 Å². The molecule has 0 bridgehead atoms. The van der Waals surface area contributed by atoms with Gasteiger partial charge in [-0.05, 0) is 12.8 Å². The lowest BCUT2D eigenvalue weighted by atomic mass is 10.1. The molecule has 0 aliphatic rings. The third-order valence-electron chi connectivity index (χ3n) is 5.90. The molecule has 4 heteroatoms. The quantitative estimate of drug-likeness (QED) is 0.106. The summed E-state index contributed by atoms with van der Waals surface area (Å²) in [5.74, 6) is 0. The number of rotatable bonds is 29. The first-order chi connectivity index (χ1) is 15.9. The number of hydrogen-bond acceptors (Lipinski definition) is 4. The zero-order valence-corrected chi connectivity index (χ0v) is 22.0. The summed E-state index contributed by atoms with van der Waals surface area (Å²) in [4.78, 5) is 0. The maximum atomic E-state index is 5.64. The van der Waals surface area contributed by atoms with Gasteiger partial charge in [0.25, 0.3) is 0 Å². The molecule has 0 heterocycles. The Morgan fingerprint density at radius 3 is 0.750 bits per heavy atom. The zero-order chi connectivity index (χ0) is 23.2. The molecule has 0 radical (unpaired) electrons. The summed E-state index contributed by atoms with van der Waals surface area (Å²) < 4.78 is 22.4. The molecular weight excluding hydrogens is 400 g/mol. The molecule has 0 aromatic heterocycles. The molecule has 0 aromatic carbocycles. The highest BCUT2D eigenvalue weighted by atomic mass is 16.6. The lowest BCUT2D eigenvalue weighted by Crippen LogP contribution is -2.12. The van der Waals surface area contributed by atoms with Gasteiger partial charge in [-0.25, -0.2) is 0 Å². The molecule has 32 heavy (non-hydrogen) atoms. The van der Waals surface area contributed by atoms with Crippen LogP contribution in [0.3, 0.4) is 0 Å². The monoisotopic (exact) mass is 458 g/mol. The Balaban J connectivity index is 2.98. The standard InChI is InChI=1S/C28H58O4/c1-3-5-7-9-11-13-15-17-19-21-29-23-25-31-27-28-32-26-24-30-22-20-18-16-14-12-10-8-6-4-2/h3-28H2,1-2H3. The molecule has 0 fully saturated rings. The summed E-state index contributed by atoms with van der Waals surface area (Å²) in [7, 11) is 0. The normalized spacial score (nSPS) is 11.4. The van der Waals surface area contributed by atoms with Gasteiger partial charge >= 0.3 is 0 Å². The van der Waals surface area contributed by atoms with Crippen LogP contribution in [0.2, 0.25) is 0 Å². The average molecular weight is 459 g/mol. The van der Waals surface area contributed by atoms with Crippen molar-refractivity contribution in [3.63, 3.8) is 0 Å². The highest BCUT2D eigenvalue weighted by molar-refractivity contribution is 4.48. The molecule has 0 unspecified atom stereocenters. The van der Waals surface area contributed by atoms with E-state index in [4.69, 9.17) is 18.9 Å². The Kier molecular flexibility index (Phi) is 30.7. The largest absolute Gasteiger partial charge is 0.379 e. The van der Waals surface area contributed by atoms with Crippen LogP contribution in [0.25, 0.3) is 0 Å². The van der Waals surface area contributed by atoms with Gasteiger partial charge in [0.15, 0.2) is 0 Å². The summed E-state index contributed by atoms with van der Waals surface area (Å²) in [6.45, 7) is 10.3. The van der Waals surface area contributed by atoms with Crippen molar-refractivity contribution in [3.8, 4) is 0 Å². The molecule has 0 saturated carbocycles. The Morgan fingerprint density at radius 1 is 0.250 bits per heavy atom. The van der Waals surface area contributed by atoms with Crippen molar-refractivity contribution in [1.29, 1.82) is 0 Å². The molecule has 0 aliphatic heterocycles. The van der Waals surface area contributed by atoms with Crippen LogP contribution < -0.4 is 0 Å². The van der Waals surface area contributed by atoms with Crippen molar-refractivity contribution < 1.29 is 18.9 Å². The van der Waals surface area contributed by atoms with Gasteiger partial charge in [0.05, 0.1) is 39.6 Å². The van der Waals surface area contributed by atoms with Crippen LogP contribution in [0.15, 0.2) is 0 Å². The fraction of sp³-hybridized carbons (Fsp3) is 1.00. The minimum absolute atomic E-state index is 0.639. The molecule has 0 saturated heterocycles. The fourth-order valence-corrected chi connectivity index (χ4v) is 3.79. The van der Waals surface area contributed by atoms with Crippen LogP contribution >= 0.6 is 0 Å². The summed E-state index contributed by atoms with van der Waals surface area (Å²) in [6.07, 6.45) is 24.4. The molecule has 0 rings (SSSR count). The van der Waals surface area contributed by atoms with E-state index in [9.17, 15) is 0 Å². The second kappa shape index (κ2) is 30.8. The molecule has 0 amide bonds. The molecule has 194 valence electrons. The predicted molar refractivity (Wildman–Crippen MR) is 138 cm³/mol. The van der Waals surface area contributed by atoms with E-state index in [1.165, 1.54) is 116 Å². The van der Waals surface area contributed by atoms with Crippen molar-refractivity contribution in [2.24, 2.45) is 0 Å². The Bertz CT molecular complexity index is 282. The molecular formula is C28H58O4. The number of unbranched alkanes of at least 4 members (excludes halogenated alkanes) is 16. The smallest absolute Gasteiger partial charge is 0.0701 e.